The Balaban J connectivity index is 1.42. The van der Waals surface area contributed by atoms with Crippen LogP contribution in [0.1, 0.15) is 24.9 Å². The minimum Gasteiger partial charge on any atom is -0.457 e. The van der Waals surface area contributed by atoms with Crippen molar-refractivity contribution in [3.63, 3.8) is 0 Å². The Labute approximate surface area is 195 Å². The van der Waals surface area contributed by atoms with Crippen molar-refractivity contribution in [2.45, 2.75) is 25.7 Å². The van der Waals surface area contributed by atoms with Crippen molar-refractivity contribution in [2.75, 3.05) is 24.3 Å². The normalized spacial score (nSPS) is 12.4. The molecule has 4 rings (SSSR count). The molecule has 0 radical (unpaired) electrons. The van der Waals surface area contributed by atoms with E-state index in [0.717, 1.165) is 34.7 Å². The summed E-state index contributed by atoms with van der Waals surface area (Å²) in [5, 5.41) is 3.56. The van der Waals surface area contributed by atoms with Crippen molar-refractivity contribution >= 4 is 22.7 Å². The number of aromatic nitrogens is 2. The fourth-order valence-corrected chi connectivity index (χ4v) is 3.53. The largest absolute Gasteiger partial charge is 0.573 e. The summed E-state index contributed by atoms with van der Waals surface area (Å²) in [6, 6.07) is 19.0. The van der Waals surface area contributed by atoms with Crippen LogP contribution in [0, 0.1) is 0 Å². The van der Waals surface area contributed by atoms with Gasteiger partial charge in [0.15, 0.2) is 0 Å². The maximum atomic E-state index is 12.3. The standard InChI is InChI=1S/C25H25F3N4O2/c1-4-21(29-17-7-14-22-23(15-17)31-24(30-22)32(2)3)16-5-8-18(9-6-16)33-19-10-12-20(13-11-19)34-25(26,27)28/h5-15,21,29H,4H2,1-3H3,(H,30,31). The van der Waals surface area contributed by atoms with Crippen LogP contribution in [-0.4, -0.2) is 30.4 Å². The van der Waals surface area contributed by atoms with E-state index in [4.69, 9.17) is 4.74 Å². The first-order chi connectivity index (χ1) is 16.2. The number of alkyl halides is 3. The van der Waals surface area contributed by atoms with Gasteiger partial charge in [0.05, 0.1) is 17.1 Å². The highest BCUT2D eigenvalue weighted by molar-refractivity contribution is 5.81. The van der Waals surface area contributed by atoms with E-state index in [-0.39, 0.29) is 11.8 Å². The van der Waals surface area contributed by atoms with E-state index in [1.165, 1.54) is 24.3 Å². The van der Waals surface area contributed by atoms with Gasteiger partial charge in [0.1, 0.15) is 17.2 Å². The van der Waals surface area contributed by atoms with E-state index < -0.39 is 6.36 Å². The topological polar surface area (TPSA) is 62.4 Å². The number of H-pyrrole nitrogens is 1. The zero-order valence-electron chi connectivity index (χ0n) is 19.0. The van der Waals surface area contributed by atoms with Crippen LogP contribution in [0.3, 0.4) is 0 Å². The summed E-state index contributed by atoms with van der Waals surface area (Å²) < 4.78 is 46.5. The van der Waals surface area contributed by atoms with Gasteiger partial charge in [-0.25, -0.2) is 4.98 Å². The fourth-order valence-electron chi connectivity index (χ4n) is 3.53. The number of aromatic amines is 1. The molecule has 1 aromatic heterocycles. The summed E-state index contributed by atoms with van der Waals surface area (Å²) >= 11 is 0. The van der Waals surface area contributed by atoms with Crippen molar-refractivity contribution in [3.05, 3.63) is 72.3 Å². The number of hydrogen-bond donors (Lipinski definition) is 2. The van der Waals surface area contributed by atoms with Gasteiger partial charge in [-0.2, -0.15) is 0 Å². The molecule has 0 spiro atoms. The lowest BCUT2D eigenvalue weighted by Crippen LogP contribution is -2.16. The highest BCUT2D eigenvalue weighted by Gasteiger charge is 2.31. The molecule has 0 aliphatic carbocycles. The Bertz CT molecular complexity index is 1240. The number of benzene rings is 3. The molecule has 0 aliphatic rings. The second-order valence-electron chi connectivity index (χ2n) is 7.98. The number of imidazole rings is 1. The first-order valence-corrected chi connectivity index (χ1v) is 10.8. The molecule has 3 aromatic carbocycles. The van der Waals surface area contributed by atoms with Crippen LogP contribution < -0.4 is 19.7 Å². The maximum Gasteiger partial charge on any atom is 0.573 e. The molecule has 2 N–H and O–H groups in total. The van der Waals surface area contributed by atoms with Crippen LogP contribution in [-0.2, 0) is 0 Å². The van der Waals surface area contributed by atoms with E-state index in [9.17, 15) is 13.2 Å². The lowest BCUT2D eigenvalue weighted by Gasteiger charge is -2.19. The zero-order valence-corrected chi connectivity index (χ0v) is 19.0. The Kier molecular flexibility index (Phi) is 6.54. The van der Waals surface area contributed by atoms with Gasteiger partial charge >= 0.3 is 6.36 Å². The molecule has 0 saturated carbocycles. The number of anilines is 2. The summed E-state index contributed by atoms with van der Waals surface area (Å²) in [4.78, 5) is 9.81. The van der Waals surface area contributed by atoms with Crippen molar-refractivity contribution in [3.8, 4) is 17.2 Å². The monoisotopic (exact) mass is 470 g/mol. The highest BCUT2D eigenvalue weighted by Crippen LogP contribution is 2.30. The van der Waals surface area contributed by atoms with E-state index in [2.05, 4.69) is 26.9 Å². The molecule has 0 fully saturated rings. The first kappa shape index (κ1) is 23.3. The minimum absolute atomic E-state index is 0.0811. The first-order valence-electron chi connectivity index (χ1n) is 10.8. The third-order valence-corrected chi connectivity index (χ3v) is 5.22. The van der Waals surface area contributed by atoms with Gasteiger partial charge in [0.2, 0.25) is 5.95 Å². The number of hydrogen-bond acceptors (Lipinski definition) is 5. The molecule has 178 valence electrons. The Morgan fingerprint density at radius 1 is 0.941 bits per heavy atom. The number of halogens is 3. The molecular weight excluding hydrogens is 445 g/mol. The molecule has 1 heterocycles. The van der Waals surface area contributed by atoms with Crippen LogP contribution in [0.2, 0.25) is 0 Å². The van der Waals surface area contributed by atoms with Gasteiger partial charge in [-0.1, -0.05) is 19.1 Å². The molecule has 6 nitrogen and oxygen atoms in total. The second kappa shape index (κ2) is 9.54. The molecular formula is C25H25F3N4O2. The SMILES string of the molecule is CCC(Nc1ccc2[nH]c(N(C)C)nc2c1)c1ccc(Oc2ccc(OC(F)(F)F)cc2)cc1. The van der Waals surface area contributed by atoms with Gasteiger partial charge in [-0.3, -0.25) is 0 Å². The highest BCUT2D eigenvalue weighted by atomic mass is 19.4. The van der Waals surface area contributed by atoms with Crippen LogP contribution in [0.25, 0.3) is 11.0 Å². The molecule has 34 heavy (non-hydrogen) atoms. The summed E-state index contributed by atoms with van der Waals surface area (Å²) in [6.45, 7) is 2.10. The van der Waals surface area contributed by atoms with Crippen LogP contribution in [0.4, 0.5) is 24.8 Å². The second-order valence-corrected chi connectivity index (χ2v) is 7.98. The van der Waals surface area contributed by atoms with E-state index >= 15 is 0 Å². The van der Waals surface area contributed by atoms with E-state index in [0.29, 0.717) is 11.5 Å². The summed E-state index contributed by atoms with van der Waals surface area (Å²) in [5.74, 6) is 1.50. The van der Waals surface area contributed by atoms with Crippen LogP contribution in [0.15, 0.2) is 66.7 Å². The van der Waals surface area contributed by atoms with Crippen LogP contribution in [0.5, 0.6) is 17.2 Å². The number of nitrogens with one attached hydrogen (secondary N) is 2. The average molecular weight is 470 g/mol. The predicted molar refractivity (Wildman–Crippen MR) is 127 cm³/mol. The van der Waals surface area contributed by atoms with Crippen molar-refractivity contribution in [1.82, 2.24) is 9.97 Å². The number of ether oxygens (including phenoxy) is 2. The van der Waals surface area contributed by atoms with E-state index in [1.54, 1.807) is 0 Å². The zero-order chi connectivity index (χ0) is 24.3. The smallest absolute Gasteiger partial charge is 0.457 e. The molecule has 0 amide bonds. The quantitative estimate of drug-likeness (QED) is 0.294. The third-order valence-electron chi connectivity index (χ3n) is 5.22. The van der Waals surface area contributed by atoms with Crippen molar-refractivity contribution < 1.29 is 22.6 Å². The number of rotatable bonds is 8. The van der Waals surface area contributed by atoms with Gasteiger partial charge in [0.25, 0.3) is 0 Å². The van der Waals surface area contributed by atoms with E-state index in [1.807, 2.05) is 61.5 Å². The Morgan fingerprint density at radius 2 is 1.56 bits per heavy atom. The van der Waals surface area contributed by atoms with Crippen molar-refractivity contribution in [1.29, 1.82) is 0 Å². The van der Waals surface area contributed by atoms with Gasteiger partial charge < -0.3 is 24.7 Å². The minimum atomic E-state index is -4.72. The van der Waals surface area contributed by atoms with Gasteiger partial charge in [-0.05, 0) is 66.6 Å². The fraction of sp³-hybridized carbons (Fsp3) is 0.240. The Hall–Kier alpha value is -3.88. The third kappa shape index (κ3) is 5.72. The lowest BCUT2D eigenvalue weighted by atomic mass is 10.0. The maximum absolute atomic E-state index is 12.3. The molecule has 4 aromatic rings. The molecule has 1 unspecified atom stereocenters. The average Bonchev–Trinajstić information content (AvgIpc) is 3.22. The van der Waals surface area contributed by atoms with Gasteiger partial charge in [0, 0.05) is 19.8 Å². The molecule has 0 saturated heterocycles. The Morgan fingerprint density at radius 3 is 2.15 bits per heavy atom. The summed E-state index contributed by atoms with van der Waals surface area (Å²) in [5.41, 5.74) is 3.92. The number of fused-ring (bicyclic) bond motifs is 1. The number of nitrogens with zero attached hydrogens (tertiary/aromatic N) is 2. The van der Waals surface area contributed by atoms with Crippen molar-refractivity contribution in [2.24, 2.45) is 0 Å². The molecule has 9 heteroatoms. The molecule has 0 bridgehead atoms. The summed E-state index contributed by atoms with van der Waals surface area (Å²) in [7, 11) is 3.88. The lowest BCUT2D eigenvalue weighted by molar-refractivity contribution is -0.274. The van der Waals surface area contributed by atoms with Crippen LogP contribution >= 0.6 is 0 Å². The molecule has 0 aliphatic heterocycles. The predicted octanol–water partition coefficient (Wildman–Crippen LogP) is 6.88. The molecule has 1 atom stereocenters. The summed E-state index contributed by atoms with van der Waals surface area (Å²) in [6.07, 6.45) is -3.86. The van der Waals surface area contributed by atoms with Gasteiger partial charge in [-0.15, -0.1) is 13.2 Å².